The van der Waals surface area contributed by atoms with Crippen LogP contribution in [0.2, 0.25) is 0 Å². The largest absolute Gasteiger partial charge is 0.309 e. The molecule has 1 aromatic heterocycles. The van der Waals surface area contributed by atoms with Gasteiger partial charge in [-0.1, -0.05) is 25.5 Å². The van der Waals surface area contributed by atoms with Crippen molar-refractivity contribution in [3.05, 3.63) is 5.82 Å². The number of H-pyrrole nitrogens is 1. The first-order valence-electron chi connectivity index (χ1n) is 4.26. The topological polar surface area (TPSA) is 66.5 Å². The number of aromatic amines is 1. The van der Waals surface area contributed by atoms with Crippen molar-refractivity contribution in [3.8, 4) is 0 Å². The molecular weight excluding hydrogens is 154 g/mol. The molecule has 0 spiro atoms. The second kappa shape index (κ2) is 4.82. The molecule has 0 aliphatic rings. The standard InChI is InChI=1S/C7H15N5/c1-3-6(2)4-8-5-7-9-11-12-10-7/h6,8H,3-5H2,1-2H3,(H,9,10,11,12). The van der Waals surface area contributed by atoms with Crippen molar-refractivity contribution in [2.24, 2.45) is 5.92 Å². The number of hydrogen-bond acceptors (Lipinski definition) is 4. The van der Waals surface area contributed by atoms with E-state index in [2.05, 4.69) is 39.8 Å². The molecule has 5 nitrogen and oxygen atoms in total. The van der Waals surface area contributed by atoms with Crippen LogP contribution in [0.4, 0.5) is 0 Å². The van der Waals surface area contributed by atoms with Gasteiger partial charge in [0.25, 0.3) is 0 Å². The van der Waals surface area contributed by atoms with E-state index in [1.165, 1.54) is 6.42 Å². The predicted molar refractivity (Wildman–Crippen MR) is 45.3 cm³/mol. The van der Waals surface area contributed by atoms with Crippen LogP contribution in [0.1, 0.15) is 26.1 Å². The highest BCUT2D eigenvalue weighted by molar-refractivity contribution is 4.74. The van der Waals surface area contributed by atoms with Crippen LogP contribution in [-0.2, 0) is 6.54 Å². The van der Waals surface area contributed by atoms with Gasteiger partial charge in [0.1, 0.15) is 0 Å². The smallest absolute Gasteiger partial charge is 0.188 e. The molecule has 2 N–H and O–H groups in total. The quantitative estimate of drug-likeness (QED) is 0.667. The van der Waals surface area contributed by atoms with Crippen LogP contribution in [0.15, 0.2) is 0 Å². The van der Waals surface area contributed by atoms with Gasteiger partial charge in [-0.15, -0.1) is 10.2 Å². The molecule has 1 heterocycles. The number of rotatable bonds is 5. The van der Waals surface area contributed by atoms with Crippen molar-refractivity contribution >= 4 is 0 Å². The summed E-state index contributed by atoms with van der Waals surface area (Å²) in [7, 11) is 0. The molecule has 0 radical (unpaired) electrons. The highest BCUT2D eigenvalue weighted by atomic mass is 15.5. The number of hydrogen-bond donors (Lipinski definition) is 2. The van der Waals surface area contributed by atoms with Crippen LogP contribution in [0.25, 0.3) is 0 Å². The lowest BCUT2D eigenvalue weighted by Gasteiger charge is -2.07. The summed E-state index contributed by atoms with van der Waals surface area (Å²) in [5, 5.41) is 16.8. The van der Waals surface area contributed by atoms with E-state index in [9.17, 15) is 0 Å². The Morgan fingerprint density at radius 3 is 3.00 bits per heavy atom. The van der Waals surface area contributed by atoms with E-state index in [4.69, 9.17) is 0 Å². The molecule has 0 amide bonds. The molecule has 0 aliphatic carbocycles. The maximum Gasteiger partial charge on any atom is 0.188 e. The van der Waals surface area contributed by atoms with E-state index in [0.29, 0.717) is 12.5 Å². The van der Waals surface area contributed by atoms with Crippen LogP contribution in [0.5, 0.6) is 0 Å². The molecule has 0 aliphatic heterocycles. The van der Waals surface area contributed by atoms with Crippen LogP contribution in [-0.4, -0.2) is 27.2 Å². The summed E-state index contributed by atoms with van der Waals surface area (Å²) >= 11 is 0. The fraction of sp³-hybridized carbons (Fsp3) is 0.857. The predicted octanol–water partition coefficient (Wildman–Crippen LogP) is 0.335. The molecule has 0 saturated carbocycles. The molecule has 68 valence electrons. The van der Waals surface area contributed by atoms with Crippen LogP contribution in [0, 0.1) is 5.92 Å². The molecule has 1 aromatic rings. The van der Waals surface area contributed by atoms with E-state index in [-0.39, 0.29) is 0 Å². The first-order valence-corrected chi connectivity index (χ1v) is 4.26. The molecule has 0 fully saturated rings. The highest BCUT2D eigenvalue weighted by Crippen LogP contribution is 1.97. The number of tetrazole rings is 1. The lowest BCUT2D eigenvalue weighted by Crippen LogP contribution is -2.20. The zero-order valence-corrected chi connectivity index (χ0v) is 7.54. The van der Waals surface area contributed by atoms with Gasteiger partial charge in [-0.2, -0.15) is 5.21 Å². The molecule has 0 bridgehead atoms. The summed E-state index contributed by atoms with van der Waals surface area (Å²) in [5.41, 5.74) is 0. The maximum absolute atomic E-state index is 3.83. The Hall–Kier alpha value is -0.970. The van der Waals surface area contributed by atoms with Crippen LogP contribution >= 0.6 is 0 Å². The van der Waals surface area contributed by atoms with E-state index < -0.39 is 0 Å². The highest BCUT2D eigenvalue weighted by Gasteiger charge is 1.99. The van der Waals surface area contributed by atoms with Gasteiger partial charge in [-0.25, -0.2) is 0 Å². The molecule has 1 atom stereocenters. The summed E-state index contributed by atoms with van der Waals surface area (Å²) in [6.45, 7) is 6.09. The molecule has 1 unspecified atom stereocenters. The van der Waals surface area contributed by atoms with E-state index in [1.807, 2.05) is 0 Å². The van der Waals surface area contributed by atoms with Gasteiger partial charge < -0.3 is 5.32 Å². The minimum Gasteiger partial charge on any atom is -0.309 e. The minimum atomic E-state index is 0.695. The van der Waals surface area contributed by atoms with Crippen molar-refractivity contribution in [1.29, 1.82) is 0 Å². The zero-order chi connectivity index (χ0) is 8.81. The van der Waals surface area contributed by atoms with Crippen molar-refractivity contribution < 1.29 is 0 Å². The van der Waals surface area contributed by atoms with Gasteiger partial charge in [0, 0.05) is 0 Å². The Morgan fingerprint density at radius 2 is 2.42 bits per heavy atom. The van der Waals surface area contributed by atoms with Gasteiger partial charge >= 0.3 is 0 Å². The Balaban J connectivity index is 2.11. The Bertz CT molecular complexity index is 196. The maximum atomic E-state index is 3.83. The van der Waals surface area contributed by atoms with Crippen molar-refractivity contribution in [2.75, 3.05) is 6.54 Å². The third-order valence-electron chi connectivity index (χ3n) is 1.86. The summed E-state index contributed by atoms with van der Waals surface area (Å²) in [5.74, 6) is 1.43. The summed E-state index contributed by atoms with van der Waals surface area (Å²) in [4.78, 5) is 0. The SMILES string of the molecule is CCC(C)CNCc1nn[nH]n1. The van der Waals surface area contributed by atoms with Crippen LogP contribution < -0.4 is 5.32 Å². The minimum absolute atomic E-state index is 0.695. The van der Waals surface area contributed by atoms with E-state index >= 15 is 0 Å². The monoisotopic (exact) mass is 169 g/mol. The number of nitrogens with one attached hydrogen (secondary N) is 2. The lowest BCUT2D eigenvalue weighted by atomic mass is 10.1. The first-order chi connectivity index (χ1) is 5.83. The zero-order valence-electron chi connectivity index (χ0n) is 7.54. The van der Waals surface area contributed by atoms with Gasteiger partial charge in [0.15, 0.2) is 5.82 Å². The molecule has 5 heteroatoms. The van der Waals surface area contributed by atoms with E-state index in [1.54, 1.807) is 0 Å². The van der Waals surface area contributed by atoms with Gasteiger partial charge in [-0.3, -0.25) is 0 Å². The van der Waals surface area contributed by atoms with Gasteiger partial charge in [0.05, 0.1) is 6.54 Å². The molecule has 0 aromatic carbocycles. The second-order valence-corrected chi connectivity index (χ2v) is 2.97. The average Bonchev–Trinajstić information content (AvgIpc) is 2.57. The molecule has 0 saturated heterocycles. The Labute approximate surface area is 71.9 Å². The molecule has 12 heavy (non-hydrogen) atoms. The van der Waals surface area contributed by atoms with Crippen LogP contribution in [0.3, 0.4) is 0 Å². The van der Waals surface area contributed by atoms with Crippen molar-refractivity contribution in [2.45, 2.75) is 26.8 Å². The second-order valence-electron chi connectivity index (χ2n) is 2.97. The fourth-order valence-corrected chi connectivity index (χ4v) is 0.832. The van der Waals surface area contributed by atoms with E-state index in [0.717, 1.165) is 12.4 Å². The third-order valence-corrected chi connectivity index (χ3v) is 1.86. The number of aromatic nitrogens is 4. The average molecular weight is 169 g/mol. The lowest BCUT2D eigenvalue weighted by molar-refractivity contribution is 0.494. The molecular formula is C7H15N5. The number of nitrogens with zero attached hydrogens (tertiary/aromatic N) is 3. The fourth-order valence-electron chi connectivity index (χ4n) is 0.832. The normalized spacial score (nSPS) is 13.2. The first kappa shape index (κ1) is 9.12. The summed E-state index contributed by atoms with van der Waals surface area (Å²) in [6, 6.07) is 0. The Kier molecular flexibility index (Phi) is 3.66. The van der Waals surface area contributed by atoms with Crippen molar-refractivity contribution in [1.82, 2.24) is 25.9 Å². The third kappa shape index (κ3) is 2.96. The summed E-state index contributed by atoms with van der Waals surface area (Å²) in [6.07, 6.45) is 1.19. The molecule has 1 rings (SSSR count). The van der Waals surface area contributed by atoms with Gasteiger partial charge in [-0.05, 0) is 12.5 Å². The van der Waals surface area contributed by atoms with Gasteiger partial charge in [0.2, 0.25) is 0 Å². The Morgan fingerprint density at radius 1 is 1.58 bits per heavy atom. The van der Waals surface area contributed by atoms with Crippen molar-refractivity contribution in [3.63, 3.8) is 0 Å². The summed E-state index contributed by atoms with van der Waals surface area (Å²) < 4.78 is 0.